The van der Waals surface area contributed by atoms with Crippen molar-refractivity contribution in [1.29, 1.82) is 0 Å². The van der Waals surface area contributed by atoms with Crippen LogP contribution in [0.3, 0.4) is 0 Å². The molecular weight excluding hydrogens is 384 g/mol. The number of rotatable bonds is 6. The van der Waals surface area contributed by atoms with Crippen molar-refractivity contribution in [3.63, 3.8) is 0 Å². The number of carbonyl (C=O) groups is 1. The number of aryl methyl sites for hydroxylation is 1. The molecular formula is C22H22N4O4. The summed E-state index contributed by atoms with van der Waals surface area (Å²) in [6.07, 6.45) is 1.86. The monoisotopic (exact) mass is 406 g/mol. The number of aromatic amines is 1. The van der Waals surface area contributed by atoms with Gasteiger partial charge in [0.1, 0.15) is 18.4 Å². The van der Waals surface area contributed by atoms with Crippen molar-refractivity contribution in [2.24, 2.45) is 0 Å². The number of para-hydroxylation sites is 2. The molecule has 1 atom stereocenters. The predicted octanol–water partition coefficient (Wildman–Crippen LogP) is 2.03. The quantitative estimate of drug-likeness (QED) is 0.649. The molecule has 0 radical (unpaired) electrons. The third-order valence-electron chi connectivity index (χ3n) is 4.83. The summed E-state index contributed by atoms with van der Waals surface area (Å²) >= 11 is 0. The Labute approximate surface area is 173 Å². The van der Waals surface area contributed by atoms with E-state index in [9.17, 15) is 9.59 Å². The highest BCUT2D eigenvalue weighted by atomic mass is 16.6. The summed E-state index contributed by atoms with van der Waals surface area (Å²) < 4.78 is 11.5. The van der Waals surface area contributed by atoms with Crippen LogP contribution < -0.4 is 20.3 Å². The lowest BCUT2D eigenvalue weighted by molar-refractivity contribution is -0.121. The molecule has 0 spiro atoms. The van der Waals surface area contributed by atoms with Crippen molar-refractivity contribution in [1.82, 2.24) is 20.3 Å². The zero-order chi connectivity index (χ0) is 20.9. The van der Waals surface area contributed by atoms with E-state index in [2.05, 4.69) is 20.3 Å². The average molecular weight is 406 g/mol. The molecule has 0 aliphatic carbocycles. The zero-order valence-electron chi connectivity index (χ0n) is 16.6. The van der Waals surface area contributed by atoms with E-state index in [4.69, 9.17) is 9.47 Å². The van der Waals surface area contributed by atoms with E-state index in [1.165, 1.54) is 0 Å². The van der Waals surface area contributed by atoms with Gasteiger partial charge >= 0.3 is 0 Å². The van der Waals surface area contributed by atoms with Crippen LogP contribution in [-0.2, 0) is 11.2 Å². The normalized spacial score (nSPS) is 14.9. The minimum atomic E-state index is -0.256. The zero-order valence-corrected chi connectivity index (χ0v) is 16.6. The second-order valence-electron chi connectivity index (χ2n) is 7.00. The van der Waals surface area contributed by atoms with Crippen molar-refractivity contribution in [2.75, 3.05) is 13.2 Å². The van der Waals surface area contributed by atoms with E-state index < -0.39 is 0 Å². The smallest absolute Gasteiger partial charge is 0.254 e. The second-order valence-corrected chi connectivity index (χ2v) is 7.00. The molecule has 1 aliphatic rings. The minimum Gasteiger partial charge on any atom is -0.486 e. The lowest BCUT2D eigenvalue weighted by Crippen LogP contribution is -2.40. The molecule has 1 aliphatic heterocycles. The molecule has 1 amide bonds. The molecule has 0 unspecified atom stereocenters. The number of benzene rings is 1. The molecule has 154 valence electrons. The lowest BCUT2D eigenvalue weighted by Gasteiger charge is -2.26. The molecule has 8 heteroatoms. The molecule has 2 aromatic heterocycles. The highest BCUT2D eigenvalue weighted by Gasteiger charge is 2.21. The molecule has 2 N–H and O–H groups in total. The fraction of sp³-hybridized carbons (Fsp3) is 0.273. The Kier molecular flexibility index (Phi) is 5.74. The van der Waals surface area contributed by atoms with Crippen LogP contribution in [-0.4, -0.2) is 40.1 Å². The molecule has 1 aromatic carbocycles. The van der Waals surface area contributed by atoms with Gasteiger partial charge in [-0.2, -0.15) is 0 Å². The molecule has 0 saturated heterocycles. The third-order valence-corrected chi connectivity index (χ3v) is 4.83. The van der Waals surface area contributed by atoms with E-state index >= 15 is 0 Å². The van der Waals surface area contributed by atoms with Gasteiger partial charge in [-0.3, -0.25) is 14.6 Å². The van der Waals surface area contributed by atoms with E-state index in [0.717, 1.165) is 0 Å². The molecule has 3 heterocycles. The number of aromatic nitrogens is 3. The van der Waals surface area contributed by atoms with Gasteiger partial charge in [-0.25, -0.2) is 4.98 Å². The van der Waals surface area contributed by atoms with Gasteiger partial charge in [0.15, 0.2) is 17.3 Å². The highest BCUT2D eigenvalue weighted by molar-refractivity contribution is 5.76. The molecule has 3 aromatic rings. The minimum absolute atomic E-state index is 0.162. The number of hydrogen-bond donors (Lipinski definition) is 2. The second kappa shape index (κ2) is 8.77. The SMILES string of the molecule is Cc1nc(-c2ccccn2)[nH]c(=O)c1CCC(=O)NC[C@@H]1COc2ccccc2O1. The summed E-state index contributed by atoms with van der Waals surface area (Å²) in [6.45, 7) is 2.47. The van der Waals surface area contributed by atoms with Gasteiger partial charge in [-0.15, -0.1) is 0 Å². The standard InChI is InChI=1S/C22H22N4O4/c1-14-16(22(28)26-21(25-14)17-6-4-5-11-23-17)9-10-20(27)24-12-15-13-29-18-7-2-3-8-19(18)30-15/h2-8,11,15H,9-10,12-13H2,1H3,(H,24,27)(H,25,26,28)/t15-/m1/s1. The first-order chi connectivity index (χ1) is 14.6. The van der Waals surface area contributed by atoms with Gasteiger partial charge in [0, 0.05) is 23.9 Å². The van der Waals surface area contributed by atoms with Crippen LogP contribution in [0.2, 0.25) is 0 Å². The number of nitrogens with one attached hydrogen (secondary N) is 2. The topological polar surface area (TPSA) is 106 Å². The van der Waals surface area contributed by atoms with E-state index in [-0.39, 0.29) is 24.0 Å². The van der Waals surface area contributed by atoms with E-state index in [0.29, 0.717) is 53.8 Å². The third kappa shape index (κ3) is 4.48. The van der Waals surface area contributed by atoms with Gasteiger partial charge < -0.3 is 19.8 Å². The van der Waals surface area contributed by atoms with Crippen LogP contribution in [0.25, 0.3) is 11.5 Å². The largest absolute Gasteiger partial charge is 0.486 e. The molecule has 0 fully saturated rings. The number of fused-ring (bicyclic) bond motifs is 1. The number of H-pyrrole nitrogens is 1. The van der Waals surface area contributed by atoms with Gasteiger partial charge in [0.05, 0.1) is 6.54 Å². The summed E-state index contributed by atoms with van der Waals surface area (Å²) in [6, 6.07) is 12.8. The van der Waals surface area contributed by atoms with Crippen LogP contribution in [0.15, 0.2) is 53.5 Å². The van der Waals surface area contributed by atoms with Crippen LogP contribution in [0.4, 0.5) is 0 Å². The summed E-state index contributed by atoms with van der Waals surface area (Å²) in [4.78, 5) is 36.1. The van der Waals surface area contributed by atoms with Crippen molar-refractivity contribution in [2.45, 2.75) is 25.9 Å². The predicted molar refractivity (Wildman–Crippen MR) is 111 cm³/mol. The number of amides is 1. The van der Waals surface area contributed by atoms with Crippen molar-refractivity contribution in [3.8, 4) is 23.0 Å². The number of nitrogens with zero attached hydrogens (tertiary/aromatic N) is 2. The molecule has 0 saturated carbocycles. The van der Waals surface area contributed by atoms with E-state index in [1.54, 1.807) is 25.3 Å². The maximum Gasteiger partial charge on any atom is 0.254 e. The summed E-state index contributed by atoms with van der Waals surface area (Å²) in [5.41, 5.74) is 1.43. The maximum absolute atomic E-state index is 12.5. The van der Waals surface area contributed by atoms with Crippen molar-refractivity contribution < 1.29 is 14.3 Å². The van der Waals surface area contributed by atoms with Crippen LogP contribution in [0, 0.1) is 6.92 Å². The Balaban J connectivity index is 1.31. The number of carbonyl (C=O) groups excluding carboxylic acids is 1. The molecule has 8 nitrogen and oxygen atoms in total. The summed E-state index contributed by atoms with van der Waals surface area (Å²) in [5.74, 6) is 1.63. The molecule has 4 rings (SSSR count). The first-order valence-corrected chi connectivity index (χ1v) is 9.76. The van der Waals surface area contributed by atoms with E-state index in [1.807, 2.05) is 30.3 Å². The van der Waals surface area contributed by atoms with Crippen LogP contribution in [0.5, 0.6) is 11.5 Å². The fourth-order valence-electron chi connectivity index (χ4n) is 3.25. The fourth-order valence-corrected chi connectivity index (χ4v) is 3.25. The first-order valence-electron chi connectivity index (χ1n) is 9.76. The van der Waals surface area contributed by atoms with Gasteiger partial charge in [0.2, 0.25) is 5.91 Å². The maximum atomic E-state index is 12.5. The average Bonchev–Trinajstić information content (AvgIpc) is 2.77. The van der Waals surface area contributed by atoms with Gasteiger partial charge in [0.25, 0.3) is 5.56 Å². The first kappa shape index (κ1) is 19.6. The van der Waals surface area contributed by atoms with Crippen molar-refractivity contribution >= 4 is 5.91 Å². The van der Waals surface area contributed by atoms with Crippen LogP contribution >= 0.6 is 0 Å². The van der Waals surface area contributed by atoms with Gasteiger partial charge in [-0.05, 0) is 37.6 Å². The number of hydrogen-bond acceptors (Lipinski definition) is 6. The molecule has 0 bridgehead atoms. The Morgan fingerprint density at radius 2 is 2.00 bits per heavy atom. The summed E-state index contributed by atoms with van der Waals surface area (Å²) in [5, 5.41) is 2.84. The molecule has 30 heavy (non-hydrogen) atoms. The van der Waals surface area contributed by atoms with Gasteiger partial charge in [-0.1, -0.05) is 18.2 Å². The Hall–Kier alpha value is -3.68. The number of pyridine rings is 1. The van der Waals surface area contributed by atoms with Crippen LogP contribution in [0.1, 0.15) is 17.7 Å². The lowest BCUT2D eigenvalue weighted by atomic mass is 10.1. The Bertz CT molecular complexity index is 1100. The Morgan fingerprint density at radius 1 is 1.20 bits per heavy atom. The number of ether oxygens (including phenoxy) is 2. The Morgan fingerprint density at radius 3 is 2.77 bits per heavy atom. The highest BCUT2D eigenvalue weighted by Crippen LogP contribution is 2.30. The summed E-state index contributed by atoms with van der Waals surface area (Å²) in [7, 11) is 0. The van der Waals surface area contributed by atoms with Crippen molar-refractivity contribution in [3.05, 3.63) is 70.3 Å².